The fourth-order valence-electron chi connectivity index (χ4n) is 1.88. The summed E-state index contributed by atoms with van der Waals surface area (Å²) in [4.78, 5) is 1.91. The molecule has 100 valence electrons. The SMILES string of the molecule is CN(Cc1ccccc1F)c1ccc(CO)c(Cl)c1. The molecule has 2 aromatic rings. The lowest BCUT2D eigenvalue weighted by molar-refractivity contribution is 0.282. The minimum atomic E-state index is -0.215. The zero-order chi connectivity index (χ0) is 13.8. The number of nitrogens with zero attached hydrogens (tertiary/aromatic N) is 1. The molecule has 0 amide bonds. The standard InChI is InChI=1S/C15H15ClFNO/c1-18(9-11-4-2-3-5-15(11)17)13-7-6-12(10-19)14(16)8-13/h2-8,19H,9-10H2,1H3. The number of halogens is 2. The molecule has 0 saturated carbocycles. The minimum absolute atomic E-state index is 0.0872. The summed E-state index contributed by atoms with van der Waals surface area (Å²) in [5, 5.41) is 9.59. The first-order valence-electron chi connectivity index (χ1n) is 5.95. The summed E-state index contributed by atoms with van der Waals surface area (Å²) in [7, 11) is 1.87. The normalized spacial score (nSPS) is 10.5. The number of hydrogen-bond acceptors (Lipinski definition) is 2. The number of aliphatic hydroxyl groups excluding tert-OH is 1. The highest BCUT2D eigenvalue weighted by molar-refractivity contribution is 6.31. The van der Waals surface area contributed by atoms with Gasteiger partial charge in [0.05, 0.1) is 6.61 Å². The molecule has 0 bridgehead atoms. The summed E-state index contributed by atoms with van der Waals surface area (Å²) in [6.45, 7) is 0.373. The van der Waals surface area contributed by atoms with Crippen LogP contribution in [0.2, 0.25) is 5.02 Å². The van der Waals surface area contributed by atoms with Crippen molar-refractivity contribution in [3.05, 3.63) is 64.4 Å². The Labute approximate surface area is 117 Å². The van der Waals surface area contributed by atoms with Gasteiger partial charge in [0.25, 0.3) is 0 Å². The molecule has 2 rings (SSSR count). The van der Waals surface area contributed by atoms with E-state index in [2.05, 4.69) is 0 Å². The van der Waals surface area contributed by atoms with Gasteiger partial charge in [-0.05, 0) is 23.8 Å². The van der Waals surface area contributed by atoms with Crippen molar-refractivity contribution in [2.75, 3.05) is 11.9 Å². The average molecular weight is 280 g/mol. The summed E-state index contributed by atoms with van der Waals surface area (Å²) in [5.74, 6) is -0.215. The maximum Gasteiger partial charge on any atom is 0.128 e. The van der Waals surface area contributed by atoms with E-state index >= 15 is 0 Å². The lowest BCUT2D eigenvalue weighted by Gasteiger charge is -2.20. The van der Waals surface area contributed by atoms with Crippen molar-refractivity contribution >= 4 is 17.3 Å². The van der Waals surface area contributed by atoms with Crippen LogP contribution in [0, 0.1) is 5.82 Å². The third-order valence-electron chi connectivity index (χ3n) is 3.01. The van der Waals surface area contributed by atoms with E-state index in [-0.39, 0.29) is 12.4 Å². The van der Waals surface area contributed by atoms with E-state index in [9.17, 15) is 4.39 Å². The zero-order valence-electron chi connectivity index (χ0n) is 10.6. The van der Waals surface area contributed by atoms with Gasteiger partial charge >= 0.3 is 0 Å². The fourth-order valence-corrected chi connectivity index (χ4v) is 2.11. The number of anilines is 1. The van der Waals surface area contributed by atoms with Crippen LogP contribution in [0.3, 0.4) is 0 Å². The monoisotopic (exact) mass is 279 g/mol. The third-order valence-corrected chi connectivity index (χ3v) is 3.36. The molecule has 2 aromatic carbocycles. The van der Waals surface area contributed by atoms with Crippen LogP contribution in [0.5, 0.6) is 0 Å². The molecule has 0 aromatic heterocycles. The molecule has 4 heteroatoms. The predicted octanol–water partition coefficient (Wildman–Crippen LogP) is 3.61. The minimum Gasteiger partial charge on any atom is -0.392 e. The first kappa shape index (κ1) is 13.8. The van der Waals surface area contributed by atoms with E-state index in [1.165, 1.54) is 6.07 Å². The largest absolute Gasteiger partial charge is 0.392 e. The van der Waals surface area contributed by atoms with Crippen LogP contribution < -0.4 is 4.90 Å². The van der Waals surface area contributed by atoms with Crippen molar-refractivity contribution in [3.8, 4) is 0 Å². The molecular formula is C15H15ClFNO. The molecule has 1 N–H and O–H groups in total. The van der Waals surface area contributed by atoms with Crippen molar-refractivity contribution in [3.63, 3.8) is 0 Å². The predicted molar refractivity (Wildman–Crippen MR) is 75.9 cm³/mol. The van der Waals surface area contributed by atoms with E-state index in [0.29, 0.717) is 22.7 Å². The van der Waals surface area contributed by atoms with Gasteiger partial charge in [-0.15, -0.1) is 0 Å². The molecule has 0 fully saturated rings. The maximum atomic E-state index is 13.6. The van der Waals surface area contributed by atoms with Gasteiger partial charge in [-0.2, -0.15) is 0 Å². The Kier molecular flexibility index (Phi) is 4.40. The Balaban J connectivity index is 2.18. The van der Waals surface area contributed by atoms with E-state index in [1.54, 1.807) is 24.3 Å². The first-order chi connectivity index (χ1) is 9.11. The molecule has 0 spiro atoms. The summed E-state index contributed by atoms with van der Waals surface area (Å²) in [5.41, 5.74) is 2.20. The van der Waals surface area contributed by atoms with Gasteiger partial charge in [0.15, 0.2) is 0 Å². The second-order valence-corrected chi connectivity index (χ2v) is 4.79. The number of aliphatic hydroxyl groups is 1. The summed E-state index contributed by atoms with van der Waals surface area (Å²) >= 11 is 6.05. The van der Waals surface area contributed by atoms with Crippen LogP contribution in [0.1, 0.15) is 11.1 Å². The maximum absolute atomic E-state index is 13.6. The smallest absolute Gasteiger partial charge is 0.128 e. The molecule has 19 heavy (non-hydrogen) atoms. The first-order valence-corrected chi connectivity index (χ1v) is 6.33. The van der Waals surface area contributed by atoms with Crippen LogP contribution in [0.4, 0.5) is 10.1 Å². The van der Waals surface area contributed by atoms with Crippen LogP contribution in [0.15, 0.2) is 42.5 Å². The highest BCUT2D eigenvalue weighted by atomic mass is 35.5. The molecule has 0 heterocycles. The molecule has 0 aliphatic heterocycles. The Morgan fingerprint density at radius 2 is 1.89 bits per heavy atom. The Morgan fingerprint density at radius 1 is 1.16 bits per heavy atom. The summed E-state index contributed by atoms with van der Waals surface area (Å²) in [6.07, 6.45) is 0. The van der Waals surface area contributed by atoms with Crippen molar-refractivity contribution in [1.29, 1.82) is 0 Å². The molecular weight excluding hydrogens is 265 g/mol. The molecule has 0 saturated heterocycles. The van der Waals surface area contributed by atoms with Gasteiger partial charge in [0.2, 0.25) is 0 Å². The van der Waals surface area contributed by atoms with Crippen LogP contribution in [0.25, 0.3) is 0 Å². The second kappa shape index (κ2) is 6.04. The van der Waals surface area contributed by atoms with Crippen LogP contribution in [-0.2, 0) is 13.2 Å². The Hall–Kier alpha value is -1.58. The summed E-state index contributed by atoms with van der Waals surface area (Å²) < 4.78 is 13.6. The van der Waals surface area contributed by atoms with Gasteiger partial charge in [-0.3, -0.25) is 0 Å². The molecule has 0 aliphatic carbocycles. The molecule has 0 unspecified atom stereocenters. The molecule has 0 aliphatic rings. The van der Waals surface area contributed by atoms with Gasteiger partial charge < -0.3 is 10.0 Å². The quantitative estimate of drug-likeness (QED) is 0.924. The van der Waals surface area contributed by atoms with E-state index in [1.807, 2.05) is 24.1 Å². The second-order valence-electron chi connectivity index (χ2n) is 4.38. The Morgan fingerprint density at radius 3 is 2.53 bits per heavy atom. The van der Waals surface area contributed by atoms with E-state index < -0.39 is 0 Å². The fraction of sp³-hybridized carbons (Fsp3) is 0.200. The highest BCUT2D eigenvalue weighted by Crippen LogP contribution is 2.24. The molecule has 2 nitrogen and oxygen atoms in total. The highest BCUT2D eigenvalue weighted by Gasteiger charge is 2.08. The lowest BCUT2D eigenvalue weighted by Crippen LogP contribution is -2.17. The van der Waals surface area contributed by atoms with Crippen molar-refractivity contribution < 1.29 is 9.50 Å². The van der Waals surface area contributed by atoms with Gasteiger partial charge in [-0.1, -0.05) is 35.9 Å². The van der Waals surface area contributed by atoms with Gasteiger partial charge in [0, 0.05) is 29.9 Å². The number of benzene rings is 2. The van der Waals surface area contributed by atoms with Gasteiger partial charge in [-0.25, -0.2) is 4.39 Å². The van der Waals surface area contributed by atoms with Crippen LogP contribution in [-0.4, -0.2) is 12.2 Å². The topological polar surface area (TPSA) is 23.5 Å². The molecule has 0 radical (unpaired) electrons. The zero-order valence-corrected chi connectivity index (χ0v) is 11.4. The lowest BCUT2D eigenvalue weighted by atomic mass is 10.1. The van der Waals surface area contributed by atoms with Crippen molar-refractivity contribution in [2.24, 2.45) is 0 Å². The van der Waals surface area contributed by atoms with Crippen molar-refractivity contribution in [1.82, 2.24) is 0 Å². The van der Waals surface area contributed by atoms with E-state index in [0.717, 1.165) is 5.69 Å². The van der Waals surface area contributed by atoms with Crippen molar-refractivity contribution in [2.45, 2.75) is 13.2 Å². The molecule has 0 atom stereocenters. The van der Waals surface area contributed by atoms with Gasteiger partial charge in [0.1, 0.15) is 5.82 Å². The average Bonchev–Trinajstić information content (AvgIpc) is 2.41. The number of rotatable bonds is 4. The third kappa shape index (κ3) is 3.25. The Bertz CT molecular complexity index is 574. The number of hydrogen-bond donors (Lipinski definition) is 1. The van der Waals surface area contributed by atoms with Crippen LogP contribution >= 0.6 is 11.6 Å². The summed E-state index contributed by atoms with van der Waals surface area (Å²) in [6, 6.07) is 12.1. The van der Waals surface area contributed by atoms with E-state index in [4.69, 9.17) is 16.7 Å².